The largest absolute Gasteiger partial charge is 0.452 e. The highest BCUT2D eigenvalue weighted by Gasteiger charge is 2.31. The van der Waals surface area contributed by atoms with Crippen LogP contribution in [0.1, 0.15) is 172 Å². The van der Waals surface area contributed by atoms with Gasteiger partial charge in [-0.15, -0.1) is 0 Å². The van der Waals surface area contributed by atoms with Gasteiger partial charge in [0, 0.05) is 120 Å². The van der Waals surface area contributed by atoms with Crippen LogP contribution in [0.2, 0.25) is 0 Å². The van der Waals surface area contributed by atoms with Crippen LogP contribution in [0.15, 0.2) is 246 Å². The fraction of sp³-hybridized carbons (Fsp3) is 0.220. The van der Waals surface area contributed by atoms with E-state index in [-0.39, 0.29) is 71.6 Å². The Bertz CT molecular complexity index is 7310. The van der Waals surface area contributed by atoms with E-state index in [0.717, 1.165) is 25.7 Å². The number of pyridine rings is 3. The lowest BCUT2D eigenvalue weighted by Crippen LogP contribution is -2.34. The second-order valence-corrected chi connectivity index (χ2v) is 31.0. The normalized spacial score (nSPS) is 13.6. The van der Waals surface area contributed by atoms with Gasteiger partial charge in [-0.05, 0) is 168 Å². The van der Waals surface area contributed by atoms with Crippen molar-refractivity contribution < 1.29 is 38.3 Å². The van der Waals surface area contributed by atoms with Gasteiger partial charge >= 0.3 is 5.97 Å². The molecule has 2 aliphatic rings. The zero-order valence-electron chi connectivity index (χ0n) is 71.6. The van der Waals surface area contributed by atoms with Crippen molar-refractivity contribution in [1.82, 2.24) is 89.4 Å². The molecule has 1 aliphatic heterocycles. The van der Waals surface area contributed by atoms with E-state index in [1.54, 1.807) is 122 Å². The Morgan fingerprint density at radius 3 is 1.17 bits per heavy atom. The maximum absolute atomic E-state index is 14.3. The number of esters is 1. The first-order valence-electron chi connectivity index (χ1n) is 42.3. The average molecular weight is 1720 g/mol. The van der Waals surface area contributed by atoms with Crippen LogP contribution < -0.4 is 48.6 Å². The molecule has 9 aromatic heterocycles. The molecule has 6 N–H and O–H groups in total. The molecule has 10 heterocycles. The van der Waals surface area contributed by atoms with Gasteiger partial charge in [-0.1, -0.05) is 152 Å². The molecule has 29 heteroatoms. The highest BCUT2D eigenvalue weighted by atomic mass is 16.6. The number of carbonyl (C=O) groups excluding carboxylic acids is 7. The van der Waals surface area contributed by atoms with Crippen LogP contribution >= 0.6 is 0 Å². The molecular formula is C100H90N18O11. The topological polar surface area (TPSA) is 357 Å². The van der Waals surface area contributed by atoms with Crippen molar-refractivity contribution in [3.63, 3.8) is 0 Å². The molecule has 15 aromatic rings. The average Bonchev–Trinajstić information content (AvgIpc) is 1.41. The summed E-state index contributed by atoms with van der Waals surface area (Å²) in [5.74, 6) is 16.3. The van der Waals surface area contributed by atoms with E-state index in [4.69, 9.17) is 4.74 Å². The minimum absolute atomic E-state index is 0.0229. The second-order valence-electron chi connectivity index (χ2n) is 31.0. The summed E-state index contributed by atoms with van der Waals surface area (Å²) in [7, 11) is 0. The number of para-hydroxylation sites is 3. The lowest BCUT2D eigenvalue weighted by Gasteiger charge is -2.21. The smallest absolute Gasteiger partial charge is 0.306 e. The van der Waals surface area contributed by atoms with Gasteiger partial charge in [0.25, 0.3) is 40.3 Å². The van der Waals surface area contributed by atoms with Gasteiger partial charge in [-0.2, -0.15) is 15.3 Å². The predicted octanol–water partition coefficient (Wildman–Crippen LogP) is 11.8. The van der Waals surface area contributed by atoms with Crippen molar-refractivity contribution in [2.24, 2.45) is 5.92 Å². The number of ether oxygens (including phenoxy) is 1. The Hall–Kier alpha value is -16.5. The van der Waals surface area contributed by atoms with Crippen molar-refractivity contribution in [3.05, 3.63) is 330 Å². The number of nitrogens with one attached hydrogen (secondary N) is 6. The van der Waals surface area contributed by atoms with Gasteiger partial charge in [0.1, 0.15) is 16.7 Å². The first-order valence-corrected chi connectivity index (χ1v) is 42.3. The number of rotatable bonds is 19. The van der Waals surface area contributed by atoms with Crippen LogP contribution in [0.25, 0.3) is 66.3 Å². The summed E-state index contributed by atoms with van der Waals surface area (Å²) in [6, 6.07) is 53.5. The Morgan fingerprint density at radius 2 is 0.814 bits per heavy atom. The summed E-state index contributed by atoms with van der Waals surface area (Å²) >= 11 is 0. The molecule has 129 heavy (non-hydrogen) atoms. The van der Waals surface area contributed by atoms with Gasteiger partial charge in [0.2, 0.25) is 11.8 Å². The minimum Gasteiger partial charge on any atom is -0.452 e. The van der Waals surface area contributed by atoms with Gasteiger partial charge in [0.05, 0.1) is 64.5 Å². The number of benzene rings is 6. The van der Waals surface area contributed by atoms with Gasteiger partial charge in [-0.3, -0.25) is 61.6 Å². The molecule has 4 atom stereocenters. The zero-order chi connectivity index (χ0) is 90.4. The van der Waals surface area contributed by atoms with E-state index >= 15 is 0 Å². The van der Waals surface area contributed by atoms with Crippen molar-refractivity contribution >= 4 is 90.7 Å². The quantitative estimate of drug-likeness (QED) is 0.0189. The molecule has 1 aliphatic carbocycles. The van der Waals surface area contributed by atoms with E-state index in [2.05, 4.69) is 104 Å². The third-order valence-electron chi connectivity index (χ3n) is 22.3. The predicted molar refractivity (Wildman–Crippen MR) is 490 cm³/mol. The summed E-state index contributed by atoms with van der Waals surface area (Å²) < 4.78 is 14.5. The molecule has 0 bridgehead atoms. The zero-order valence-corrected chi connectivity index (χ0v) is 71.6. The van der Waals surface area contributed by atoms with Gasteiger partial charge in [-0.25, -0.2) is 28.5 Å². The molecule has 17 rings (SSSR count). The van der Waals surface area contributed by atoms with E-state index in [9.17, 15) is 47.9 Å². The molecule has 1 saturated carbocycles. The molecule has 0 radical (unpaired) electrons. The lowest BCUT2D eigenvalue weighted by molar-refractivity contribution is -0.148. The molecule has 646 valence electrons. The third-order valence-corrected chi connectivity index (χ3v) is 22.3. The van der Waals surface area contributed by atoms with E-state index in [0.29, 0.717) is 153 Å². The molecule has 1 saturated heterocycles. The summed E-state index contributed by atoms with van der Waals surface area (Å²) in [6.07, 6.45) is 16.7. The maximum atomic E-state index is 14.3. The Labute approximate surface area is 740 Å². The molecule has 0 spiro atoms. The van der Waals surface area contributed by atoms with E-state index in [1.807, 2.05) is 166 Å². The number of amides is 6. The second kappa shape index (κ2) is 39.6. The summed E-state index contributed by atoms with van der Waals surface area (Å²) in [5.41, 5.74) is 8.81. The van der Waals surface area contributed by atoms with Crippen LogP contribution in [0.3, 0.4) is 0 Å². The molecule has 29 nitrogen and oxygen atoms in total. The fourth-order valence-corrected chi connectivity index (χ4v) is 16.1. The van der Waals surface area contributed by atoms with Gasteiger partial charge in [0.15, 0.2) is 23.0 Å². The highest BCUT2D eigenvalue weighted by Crippen LogP contribution is 2.30. The lowest BCUT2D eigenvalue weighted by atomic mass is 9.89. The number of cyclic esters (lactones) is 1. The SMILES string of the molecule is C=CC(=O)NCCC#Cc1cccc2cc([C@H](C)NC(=O)c3c(C)nn4cccnc34)n(-c3ccccc3)c(=O)c12.Cc1nn2cccnc2c1C(=O)N[C@@H](C)c1cc2cccc(C#CCNC(=O)C3CCCCC3)c2c(=O)n1-c1ccccc1.Cc1nn2cccnc2c1C(=O)N[C@@H](C)c1cc2cccc(C#CCNC(=O)[C@H]3CCC(=O)O3)c2c(=O)n1-c1ccccc1. The monoisotopic (exact) mass is 1720 g/mol. The van der Waals surface area contributed by atoms with Crippen molar-refractivity contribution in [2.75, 3.05) is 19.6 Å². The fourth-order valence-electron chi connectivity index (χ4n) is 16.1. The first kappa shape index (κ1) is 87.4. The van der Waals surface area contributed by atoms with Crippen molar-refractivity contribution in [1.29, 1.82) is 0 Å². The first-order chi connectivity index (χ1) is 62.6. The Morgan fingerprint density at radius 1 is 0.450 bits per heavy atom. The van der Waals surface area contributed by atoms with Crippen LogP contribution in [0, 0.1) is 62.2 Å². The summed E-state index contributed by atoms with van der Waals surface area (Å²) in [6.45, 7) is 14.9. The van der Waals surface area contributed by atoms with Gasteiger partial charge < -0.3 is 36.6 Å². The number of carbonyl (C=O) groups is 7. The summed E-state index contributed by atoms with van der Waals surface area (Å²) in [5, 5.41) is 34.1. The number of hydrogen-bond donors (Lipinski definition) is 6. The number of aryl methyl sites for hydroxylation is 3. The van der Waals surface area contributed by atoms with E-state index < -0.39 is 36.1 Å². The standard InChI is InChI=1S/C35H34N6O3.C33H28N6O5.C32H28N6O3/c1-23(38-34(43)30-24(2)39-40-21-11-20-36-32(30)40)29-22-27-15-9-14-25(16-10-19-37-33(42)26-12-5-3-6-13-26)31(27)35(44)41(29)28-17-7-4-8-18-28;1-20(36-32(42)28-21(2)37-38-18-8-17-34-30(28)38)25-19-23-10-6-9-22(11-7-16-35-31(41)26-14-15-27(40)44-26)29(23)33(43)39(25)24-12-4-3-5-13-24;1-4-27(39)33-17-9-8-12-23-13-10-14-24-20-26(38(32(41)29(23)24)25-15-6-5-7-16-25)21(2)35-31(40)28-22(3)36-37-19-11-18-34-30(28)37/h4,7-9,11,14-15,17-18,20-23,26H,3,5-6,12-13,19H2,1-2H3,(H,37,42)(H,38,43);3-6,8-10,12-13,17-20,26H,14-16H2,1-2H3,(H,35,41)(H,36,42);4-7,10-11,13-16,18-21H,1,9,17H2,2-3H3,(H,33,39)(H,35,40)/t23-;20-,26+;21-/m000/s1. The van der Waals surface area contributed by atoms with E-state index in [1.165, 1.54) is 12.5 Å². The molecule has 0 unspecified atom stereocenters. The maximum Gasteiger partial charge on any atom is 0.306 e. The molecule has 2 fully saturated rings. The highest BCUT2D eigenvalue weighted by molar-refractivity contribution is 6.03. The van der Waals surface area contributed by atoms with Crippen LogP contribution in [-0.2, 0) is 23.9 Å². The minimum atomic E-state index is -0.797. The van der Waals surface area contributed by atoms with Crippen LogP contribution in [0.4, 0.5) is 0 Å². The Balaban J connectivity index is 0.000000149. The molecule has 6 aromatic carbocycles. The molecule has 6 amide bonds. The number of fused-ring (bicyclic) bond motifs is 6. The van der Waals surface area contributed by atoms with Crippen LogP contribution in [0.5, 0.6) is 0 Å². The summed E-state index contributed by atoms with van der Waals surface area (Å²) in [4.78, 5) is 144. The Kier molecular flexibility index (Phi) is 26.8. The van der Waals surface area contributed by atoms with Crippen LogP contribution in [-0.4, -0.2) is 125 Å². The number of nitrogens with zero attached hydrogens (tertiary/aromatic N) is 12. The van der Waals surface area contributed by atoms with Crippen molar-refractivity contribution in [3.8, 4) is 52.6 Å². The van der Waals surface area contributed by atoms with Crippen molar-refractivity contribution in [2.45, 2.75) is 117 Å². The third kappa shape index (κ3) is 19.3. The number of hydrogen-bond acceptors (Lipinski definition) is 17. The number of aromatic nitrogens is 12. The molecular weight excluding hydrogens is 1630 g/mol.